The summed E-state index contributed by atoms with van der Waals surface area (Å²) < 4.78 is 39.3. The molecule has 7 heteroatoms. The topological polar surface area (TPSA) is 74.7 Å². The number of carboxylic acids is 1. The van der Waals surface area contributed by atoms with Crippen LogP contribution in [0.25, 0.3) is 0 Å². The van der Waals surface area contributed by atoms with Crippen LogP contribution in [0.2, 0.25) is 0 Å². The first kappa shape index (κ1) is 16.1. The zero-order valence-electron chi connectivity index (χ0n) is 11.3. The molecule has 20 heavy (non-hydrogen) atoms. The summed E-state index contributed by atoms with van der Waals surface area (Å²) in [6.45, 7) is 2.95. The van der Waals surface area contributed by atoms with Gasteiger partial charge in [0.2, 0.25) is 10.0 Å². The van der Waals surface area contributed by atoms with E-state index < -0.39 is 32.3 Å². The molecule has 0 saturated carbocycles. The van der Waals surface area contributed by atoms with Crippen LogP contribution in [-0.2, 0) is 10.0 Å². The molecule has 0 fully saturated rings. The second-order valence-electron chi connectivity index (χ2n) is 4.12. The summed E-state index contributed by atoms with van der Waals surface area (Å²) in [6.07, 6.45) is 0. The first-order valence-corrected chi connectivity index (χ1v) is 7.05. The van der Waals surface area contributed by atoms with Crippen molar-refractivity contribution in [1.29, 1.82) is 0 Å². The van der Waals surface area contributed by atoms with Gasteiger partial charge in [-0.25, -0.2) is 17.6 Å². The van der Waals surface area contributed by atoms with Crippen molar-refractivity contribution in [1.82, 2.24) is 4.31 Å². The highest BCUT2D eigenvalue weighted by Crippen LogP contribution is 2.23. The summed E-state index contributed by atoms with van der Waals surface area (Å²) in [7, 11) is -2.88. The molecule has 0 aliphatic carbocycles. The van der Waals surface area contributed by atoms with Gasteiger partial charge >= 0.3 is 5.97 Å². The van der Waals surface area contributed by atoms with Crippen LogP contribution in [-0.4, -0.2) is 37.4 Å². The van der Waals surface area contributed by atoms with Gasteiger partial charge in [-0.15, -0.1) is 5.92 Å². The molecular formula is C13H14FNO4S. The standard InChI is InChI=1S/C13H14FNO4S/c1-4-5-6-15(3)20(18,19)11-8-9(2)7-10(12(11)14)13(16)17/h7-8H,6H2,1-3H3,(H,16,17). The number of hydrogen-bond acceptors (Lipinski definition) is 3. The molecule has 0 aliphatic rings. The zero-order chi connectivity index (χ0) is 15.5. The lowest BCUT2D eigenvalue weighted by Crippen LogP contribution is -2.28. The summed E-state index contributed by atoms with van der Waals surface area (Å²) >= 11 is 0. The van der Waals surface area contributed by atoms with Crippen LogP contribution in [0.15, 0.2) is 17.0 Å². The number of halogens is 1. The molecular weight excluding hydrogens is 285 g/mol. The van der Waals surface area contributed by atoms with Crippen molar-refractivity contribution in [3.05, 3.63) is 29.1 Å². The van der Waals surface area contributed by atoms with Gasteiger partial charge in [-0.1, -0.05) is 5.92 Å². The number of carbonyl (C=O) groups is 1. The van der Waals surface area contributed by atoms with Crippen molar-refractivity contribution in [3.63, 3.8) is 0 Å². The monoisotopic (exact) mass is 299 g/mol. The lowest BCUT2D eigenvalue weighted by molar-refractivity contribution is 0.0691. The maximum Gasteiger partial charge on any atom is 0.338 e. The quantitative estimate of drug-likeness (QED) is 0.854. The van der Waals surface area contributed by atoms with Gasteiger partial charge in [0.25, 0.3) is 0 Å². The molecule has 0 radical (unpaired) electrons. The number of nitrogens with zero attached hydrogens (tertiary/aromatic N) is 1. The third-order valence-electron chi connectivity index (χ3n) is 2.58. The zero-order valence-corrected chi connectivity index (χ0v) is 12.1. The van der Waals surface area contributed by atoms with Crippen molar-refractivity contribution in [2.24, 2.45) is 0 Å². The summed E-state index contributed by atoms with van der Waals surface area (Å²) in [5.74, 6) is 2.31. The fourth-order valence-corrected chi connectivity index (χ4v) is 2.76. The molecule has 1 aromatic carbocycles. The van der Waals surface area contributed by atoms with Crippen molar-refractivity contribution in [2.75, 3.05) is 13.6 Å². The molecule has 0 saturated heterocycles. The van der Waals surface area contributed by atoms with Crippen LogP contribution >= 0.6 is 0 Å². The molecule has 0 aromatic heterocycles. The van der Waals surface area contributed by atoms with E-state index in [0.29, 0.717) is 5.56 Å². The predicted molar refractivity (Wildman–Crippen MR) is 71.4 cm³/mol. The Morgan fingerprint density at radius 3 is 2.55 bits per heavy atom. The Hall–Kier alpha value is -1.91. The Morgan fingerprint density at radius 1 is 1.45 bits per heavy atom. The van der Waals surface area contributed by atoms with Crippen molar-refractivity contribution >= 4 is 16.0 Å². The van der Waals surface area contributed by atoms with E-state index >= 15 is 0 Å². The Kier molecular flexibility index (Phi) is 4.87. The van der Waals surface area contributed by atoms with E-state index in [1.54, 1.807) is 6.92 Å². The van der Waals surface area contributed by atoms with E-state index in [4.69, 9.17) is 5.11 Å². The van der Waals surface area contributed by atoms with Gasteiger partial charge in [0.15, 0.2) is 5.82 Å². The van der Waals surface area contributed by atoms with Crippen molar-refractivity contribution in [3.8, 4) is 11.8 Å². The number of rotatable bonds is 4. The van der Waals surface area contributed by atoms with E-state index in [1.807, 2.05) is 0 Å². The molecule has 0 atom stereocenters. The van der Waals surface area contributed by atoms with E-state index in [2.05, 4.69) is 11.8 Å². The predicted octanol–water partition coefficient (Wildman–Crippen LogP) is 1.48. The van der Waals surface area contributed by atoms with Crippen LogP contribution in [0.3, 0.4) is 0 Å². The highest BCUT2D eigenvalue weighted by Gasteiger charge is 2.27. The molecule has 108 valence electrons. The van der Waals surface area contributed by atoms with Crippen molar-refractivity contribution in [2.45, 2.75) is 18.7 Å². The van der Waals surface area contributed by atoms with Gasteiger partial charge in [-0.05, 0) is 31.5 Å². The van der Waals surface area contributed by atoms with Gasteiger partial charge < -0.3 is 5.11 Å². The minimum absolute atomic E-state index is 0.103. The molecule has 0 amide bonds. The molecule has 0 bridgehead atoms. The molecule has 1 rings (SSSR count). The van der Waals surface area contributed by atoms with Crippen LogP contribution in [0, 0.1) is 24.6 Å². The minimum atomic E-state index is -4.13. The van der Waals surface area contributed by atoms with Crippen molar-refractivity contribution < 1.29 is 22.7 Å². The fraction of sp³-hybridized carbons (Fsp3) is 0.308. The van der Waals surface area contributed by atoms with E-state index in [-0.39, 0.29) is 6.54 Å². The lowest BCUT2D eigenvalue weighted by atomic mass is 10.1. The maximum atomic E-state index is 14.1. The largest absolute Gasteiger partial charge is 0.478 e. The van der Waals surface area contributed by atoms with Crippen LogP contribution < -0.4 is 0 Å². The SMILES string of the molecule is CC#CCN(C)S(=O)(=O)c1cc(C)cc(C(=O)O)c1F. The molecule has 0 spiro atoms. The highest BCUT2D eigenvalue weighted by atomic mass is 32.2. The summed E-state index contributed by atoms with van der Waals surface area (Å²) in [5.41, 5.74) is -0.323. The number of benzene rings is 1. The highest BCUT2D eigenvalue weighted by molar-refractivity contribution is 7.89. The third-order valence-corrected chi connectivity index (χ3v) is 4.38. The summed E-state index contributed by atoms with van der Waals surface area (Å²) in [4.78, 5) is 10.3. The fourth-order valence-electron chi connectivity index (χ4n) is 1.52. The smallest absolute Gasteiger partial charge is 0.338 e. The molecule has 1 aromatic rings. The maximum absolute atomic E-state index is 14.1. The third kappa shape index (κ3) is 3.15. The second kappa shape index (κ2) is 6.03. The minimum Gasteiger partial charge on any atom is -0.478 e. The number of aryl methyl sites for hydroxylation is 1. The summed E-state index contributed by atoms with van der Waals surface area (Å²) in [6, 6.07) is 2.19. The number of sulfonamides is 1. The van der Waals surface area contributed by atoms with Gasteiger partial charge in [-0.3, -0.25) is 0 Å². The average Bonchev–Trinajstić information content (AvgIpc) is 2.37. The van der Waals surface area contributed by atoms with E-state index in [9.17, 15) is 17.6 Å². The second-order valence-corrected chi connectivity index (χ2v) is 6.13. The van der Waals surface area contributed by atoms with Gasteiger partial charge in [0.05, 0.1) is 12.1 Å². The summed E-state index contributed by atoms with van der Waals surface area (Å²) in [5, 5.41) is 8.89. The van der Waals surface area contributed by atoms with E-state index in [1.165, 1.54) is 14.0 Å². The Bertz CT molecular complexity index is 701. The number of carboxylic acid groups (broad SMARTS) is 1. The Balaban J connectivity index is 3.45. The first-order valence-electron chi connectivity index (χ1n) is 5.61. The Labute approximate surface area is 117 Å². The van der Waals surface area contributed by atoms with Gasteiger partial charge in [0, 0.05) is 7.05 Å². The van der Waals surface area contributed by atoms with Crippen LogP contribution in [0.5, 0.6) is 0 Å². The normalized spacial score (nSPS) is 11.1. The number of hydrogen-bond donors (Lipinski definition) is 1. The van der Waals surface area contributed by atoms with Crippen LogP contribution in [0.4, 0.5) is 4.39 Å². The molecule has 0 aliphatic heterocycles. The Morgan fingerprint density at radius 2 is 2.05 bits per heavy atom. The average molecular weight is 299 g/mol. The first-order chi connectivity index (χ1) is 9.21. The molecule has 0 unspecified atom stereocenters. The van der Waals surface area contributed by atoms with E-state index in [0.717, 1.165) is 16.4 Å². The molecule has 1 N–H and O–H groups in total. The lowest BCUT2D eigenvalue weighted by Gasteiger charge is -2.16. The van der Waals surface area contributed by atoms with Gasteiger partial charge in [0.1, 0.15) is 4.90 Å². The molecule has 5 nitrogen and oxygen atoms in total. The molecule has 0 heterocycles. The van der Waals surface area contributed by atoms with Gasteiger partial charge in [-0.2, -0.15) is 4.31 Å². The van der Waals surface area contributed by atoms with Crippen LogP contribution in [0.1, 0.15) is 22.8 Å². The number of aromatic carboxylic acids is 1.